The van der Waals surface area contributed by atoms with Crippen molar-refractivity contribution in [2.24, 2.45) is 0 Å². The summed E-state index contributed by atoms with van der Waals surface area (Å²) in [6.45, 7) is -0.00894. The first kappa shape index (κ1) is 28.5. The zero-order valence-electron chi connectivity index (χ0n) is 28.4. The molecule has 0 saturated carbocycles. The van der Waals surface area contributed by atoms with Crippen LogP contribution in [-0.4, -0.2) is 11.4 Å². The van der Waals surface area contributed by atoms with Crippen LogP contribution in [0.3, 0.4) is 0 Å². The molecule has 11 aromatic rings. The summed E-state index contributed by atoms with van der Waals surface area (Å²) in [6, 6.07) is 61.5. The lowest BCUT2D eigenvalue weighted by atomic mass is 9.44. The highest BCUT2D eigenvalue weighted by atomic mass is 32.1. The van der Waals surface area contributed by atoms with Crippen molar-refractivity contribution in [2.75, 3.05) is 4.81 Å². The molecule has 2 nitrogen and oxygen atoms in total. The third-order valence-electron chi connectivity index (χ3n) is 11.7. The Kier molecular flexibility index (Phi) is 5.51. The fourth-order valence-electron chi connectivity index (χ4n) is 9.60. The van der Waals surface area contributed by atoms with Gasteiger partial charge in [0.1, 0.15) is 0 Å². The Morgan fingerprint density at radius 2 is 1.09 bits per heavy atom. The van der Waals surface area contributed by atoms with Gasteiger partial charge in [-0.1, -0.05) is 103 Å². The molecule has 0 aliphatic carbocycles. The fraction of sp³-hybridized carbons (Fsp3) is 0. The molecule has 2 aliphatic heterocycles. The van der Waals surface area contributed by atoms with Crippen molar-refractivity contribution < 1.29 is 0 Å². The molecule has 244 valence electrons. The molecule has 2 aliphatic rings. The molecular weight excluding hydrogens is 679 g/mol. The quantitative estimate of drug-likeness (QED) is 0.163. The van der Waals surface area contributed by atoms with Crippen molar-refractivity contribution in [3.63, 3.8) is 0 Å². The molecule has 0 saturated heterocycles. The molecule has 0 fully saturated rings. The maximum absolute atomic E-state index is 2.61. The van der Waals surface area contributed by atoms with E-state index in [1.807, 2.05) is 22.7 Å². The fourth-order valence-corrected chi connectivity index (χ4v) is 11.9. The Morgan fingerprint density at radius 3 is 1.92 bits per heavy atom. The third-order valence-corrected chi connectivity index (χ3v) is 14.0. The maximum Gasteiger partial charge on any atom is 0.333 e. The van der Waals surface area contributed by atoms with Crippen LogP contribution in [0.15, 0.2) is 164 Å². The van der Waals surface area contributed by atoms with Gasteiger partial charge in [-0.3, -0.25) is 0 Å². The van der Waals surface area contributed by atoms with Gasteiger partial charge in [0.2, 0.25) is 0 Å². The largest absolute Gasteiger partial charge is 0.376 e. The van der Waals surface area contributed by atoms with E-state index in [1.165, 1.54) is 112 Å². The predicted molar refractivity (Wildman–Crippen MR) is 231 cm³/mol. The normalized spacial score (nSPS) is 13.2. The molecule has 0 spiro atoms. The minimum Gasteiger partial charge on any atom is -0.376 e. The first-order valence-electron chi connectivity index (χ1n) is 18.2. The number of nitrogens with zero attached hydrogens (tertiary/aromatic N) is 2. The Bertz CT molecular complexity index is 3370. The predicted octanol–water partition coefficient (Wildman–Crippen LogP) is 12.4. The van der Waals surface area contributed by atoms with Crippen molar-refractivity contribution >= 4 is 114 Å². The number of fused-ring (bicyclic) bond motifs is 14. The Morgan fingerprint density at radius 1 is 0.434 bits per heavy atom. The van der Waals surface area contributed by atoms with Crippen LogP contribution in [0, 0.1) is 0 Å². The second-order valence-corrected chi connectivity index (χ2v) is 16.6. The molecule has 53 heavy (non-hydrogen) atoms. The molecule has 3 aromatic heterocycles. The number of hydrogen-bond donors (Lipinski definition) is 0. The number of hydrogen-bond acceptors (Lipinski definition) is 3. The van der Waals surface area contributed by atoms with Crippen LogP contribution in [0.25, 0.3) is 90.1 Å². The second kappa shape index (κ2) is 10.3. The molecule has 8 aromatic carbocycles. The van der Waals surface area contributed by atoms with Gasteiger partial charge in [-0.2, -0.15) is 0 Å². The zero-order valence-corrected chi connectivity index (χ0v) is 30.0. The van der Waals surface area contributed by atoms with Gasteiger partial charge in [-0.15, -0.1) is 22.7 Å². The number of rotatable bonds is 2. The average molecular weight is 707 g/mol. The van der Waals surface area contributed by atoms with Gasteiger partial charge in [-0.25, -0.2) is 0 Å². The van der Waals surface area contributed by atoms with Crippen molar-refractivity contribution in [3.8, 4) is 27.9 Å². The Labute approximate surface area is 313 Å². The summed E-state index contributed by atoms with van der Waals surface area (Å²) < 4.78 is 7.94. The van der Waals surface area contributed by atoms with E-state index in [1.54, 1.807) is 0 Å². The van der Waals surface area contributed by atoms with Gasteiger partial charge in [0.25, 0.3) is 0 Å². The lowest BCUT2D eigenvalue weighted by Gasteiger charge is -2.42. The molecule has 0 atom stereocenters. The van der Waals surface area contributed by atoms with E-state index >= 15 is 0 Å². The van der Waals surface area contributed by atoms with Crippen LogP contribution in [0.1, 0.15) is 0 Å². The van der Waals surface area contributed by atoms with E-state index in [0.717, 1.165) is 0 Å². The van der Waals surface area contributed by atoms with E-state index in [-0.39, 0.29) is 6.85 Å². The highest BCUT2D eigenvalue weighted by molar-refractivity contribution is 7.26. The molecule has 5 heterocycles. The van der Waals surface area contributed by atoms with Crippen molar-refractivity contribution in [3.05, 3.63) is 164 Å². The summed E-state index contributed by atoms with van der Waals surface area (Å²) in [5, 5.41) is 7.95. The standard InChI is InChI=1S/C48H27BN2S2/c1-2-12-29(13-3-1)51-40-19-9-4-14-30(40)37-25-35(28-22-23-33-31-15-6-10-20-42(31)52-44(33)24-28)46-34-17-5-8-18-39(34)50-41-26-36-32-16-7-11-21-43(32)53-45(36)27-38(41)49(51)47(37)48(46)50/h1-27H. The Balaban J connectivity index is 1.23. The van der Waals surface area contributed by atoms with Gasteiger partial charge in [0, 0.05) is 73.7 Å². The first-order valence-corrected chi connectivity index (χ1v) is 19.8. The minimum absolute atomic E-state index is 0.00894. The summed E-state index contributed by atoms with van der Waals surface area (Å²) >= 11 is 3.80. The molecular formula is C48H27BN2S2. The van der Waals surface area contributed by atoms with E-state index in [2.05, 4.69) is 173 Å². The average Bonchev–Trinajstić information content (AvgIpc) is 3.89. The lowest BCUT2D eigenvalue weighted by molar-refractivity contribution is 1.19. The van der Waals surface area contributed by atoms with Crippen molar-refractivity contribution in [1.82, 2.24) is 4.57 Å². The zero-order chi connectivity index (χ0) is 34.4. The molecule has 0 N–H and O–H groups in total. The molecule has 0 bridgehead atoms. The molecule has 0 radical (unpaired) electrons. The van der Waals surface area contributed by atoms with Gasteiger partial charge < -0.3 is 9.38 Å². The van der Waals surface area contributed by atoms with Gasteiger partial charge in [0.05, 0.1) is 11.0 Å². The SMILES string of the molecule is c1ccc(N2B3c4cc5sc6ccccc6c5cc4-n4c5ccccc5c5c(-c6ccc7c(c6)sc6ccccc67)cc(c3c54)-c3ccccc32)cc1. The summed E-state index contributed by atoms with van der Waals surface area (Å²) in [7, 11) is 0. The highest BCUT2D eigenvalue weighted by Gasteiger charge is 2.44. The van der Waals surface area contributed by atoms with E-state index < -0.39 is 0 Å². The van der Waals surface area contributed by atoms with Gasteiger partial charge in [0.15, 0.2) is 0 Å². The van der Waals surface area contributed by atoms with Crippen LogP contribution < -0.4 is 15.7 Å². The summed E-state index contributed by atoms with van der Waals surface area (Å²) in [4.78, 5) is 2.61. The first-order chi connectivity index (χ1) is 26.3. The van der Waals surface area contributed by atoms with Crippen molar-refractivity contribution in [1.29, 1.82) is 0 Å². The van der Waals surface area contributed by atoms with Crippen LogP contribution in [0.4, 0.5) is 11.4 Å². The van der Waals surface area contributed by atoms with Crippen LogP contribution in [0.2, 0.25) is 0 Å². The number of para-hydroxylation sites is 3. The molecule has 0 amide bonds. The second-order valence-electron chi connectivity index (χ2n) is 14.4. The molecule has 5 heteroatoms. The number of aromatic nitrogens is 1. The van der Waals surface area contributed by atoms with E-state index in [0.29, 0.717) is 0 Å². The van der Waals surface area contributed by atoms with Crippen LogP contribution in [0.5, 0.6) is 0 Å². The van der Waals surface area contributed by atoms with Gasteiger partial charge in [-0.05, 0) is 88.3 Å². The van der Waals surface area contributed by atoms with E-state index in [4.69, 9.17) is 0 Å². The lowest BCUT2D eigenvalue weighted by Crippen LogP contribution is -2.60. The number of benzene rings is 8. The van der Waals surface area contributed by atoms with Crippen LogP contribution in [-0.2, 0) is 0 Å². The molecule has 0 unspecified atom stereocenters. The summed E-state index contributed by atoms with van der Waals surface area (Å²) in [5.74, 6) is 0. The highest BCUT2D eigenvalue weighted by Crippen LogP contribution is 2.49. The topological polar surface area (TPSA) is 8.17 Å². The van der Waals surface area contributed by atoms with Crippen LogP contribution >= 0.6 is 22.7 Å². The maximum atomic E-state index is 2.61. The number of thiophene rings is 2. The monoisotopic (exact) mass is 706 g/mol. The summed E-state index contributed by atoms with van der Waals surface area (Å²) in [5.41, 5.74) is 14.2. The smallest absolute Gasteiger partial charge is 0.333 e. The molecule has 13 rings (SSSR count). The third kappa shape index (κ3) is 3.68. The summed E-state index contributed by atoms with van der Waals surface area (Å²) in [6.07, 6.45) is 0. The van der Waals surface area contributed by atoms with E-state index in [9.17, 15) is 0 Å². The van der Waals surface area contributed by atoms with Crippen molar-refractivity contribution in [2.45, 2.75) is 0 Å². The minimum atomic E-state index is -0.00894. The number of anilines is 2. The Hall–Kier alpha value is -6.14. The van der Waals surface area contributed by atoms with Gasteiger partial charge >= 0.3 is 6.85 Å².